The van der Waals surface area contributed by atoms with Gasteiger partial charge in [0.25, 0.3) is 0 Å². The number of carbonyl (C=O) groups excluding carboxylic acids is 1. The number of pyridine rings is 1. The van der Waals surface area contributed by atoms with Crippen LogP contribution < -0.4 is 10.2 Å². The summed E-state index contributed by atoms with van der Waals surface area (Å²) in [5, 5.41) is 8.56. The van der Waals surface area contributed by atoms with Crippen LogP contribution >= 0.6 is 0 Å². The molecule has 5 rings (SSSR count). The number of nitrogens with one attached hydrogen (secondary N) is 1. The Morgan fingerprint density at radius 3 is 2.49 bits per heavy atom. The van der Waals surface area contributed by atoms with Gasteiger partial charge < -0.3 is 19.7 Å². The third kappa shape index (κ3) is 8.32. The molecule has 2 aliphatic heterocycles. The lowest BCUT2D eigenvalue weighted by atomic mass is 9.93. The third-order valence-corrected chi connectivity index (χ3v) is 7.10. The van der Waals surface area contributed by atoms with E-state index in [9.17, 15) is 9.18 Å². The first-order chi connectivity index (χ1) is 18.7. The van der Waals surface area contributed by atoms with Gasteiger partial charge >= 0.3 is 0 Å². The molecule has 39 heavy (non-hydrogen) atoms. The minimum Gasteiger partial charge on any atom is -0.377 e. The summed E-state index contributed by atoms with van der Waals surface area (Å²) in [4.78, 5) is 17.0. The predicted octanol–water partition coefficient (Wildman–Crippen LogP) is 5.56. The molecule has 8 heteroatoms. The van der Waals surface area contributed by atoms with E-state index in [1.807, 2.05) is 25.4 Å². The number of benzene rings is 1. The van der Waals surface area contributed by atoms with Crippen LogP contribution in [0.15, 0.2) is 30.6 Å². The monoisotopic (exact) mass is 539 g/mol. The fourth-order valence-corrected chi connectivity index (χ4v) is 5.20. The summed E-state index contributed by atoms with van der Waals surface area (Å²) in [5.74, 6) is 0.0732. The van der Waals surface area contributed by atoms with Crippen LogP contribution in [0.3, 0.4) is 0 Å². The first-order valence-corrected chi connectivity index (χ1v) is 14.3. The topological polar surface area (TPSA) is 72.3 Å². The second-order valence-corrected chi connectivity index (χ2v) is 10.8. The number of hydrogen-bond acceptors (Lipinski definition) is 6. The van der Waals surface area contributed by atoms with Gasteiger partial charge in [-0.2, -0.15) is 5.10 Å². The largest absolute Gasteiger partial charge is 0.377 e. The molecule has 0 radical (unpaired) electrons. The zero-order chi connectivity index (χ0) is 28.4. The van der Waals surface area contributed by atoms with Crippen LogP contribution in [0.25, 0.3) is 10.9 Å². The van der Waals surface area contributed by atoms with Crippen molar-refractivity contribution in [2.75, 3.05) is 37.7 Å². The molecule has 2 aromatic heterocycles. The van der Waals surface area contributed by atoms with Crippen molar-refractivity contribution in [3.05, 3.63) is 53.2 Å². The number of ether oxygens (including phenoxy) is 1. The lowest BCUT2D eigenvalue weighted by molar-refractivity contribution is -0.117. The summed E-state index contributed by atoms with van der Waals surface area (Å²) in [6.07, 6.45) is 9.73. The van der Waals surface area contributed by atoms with Crippen molar-refractivity contribution in [2.24, 2.45) is 7.05 Å². The number of rotatable bonds is 7. The van der Waals surface area contributed by atoms with Crippen molar-refractivity contribution in [3.8, 4) is 0 Å². The molecule has 3 aromatic rings. The summed E-state index contributed by atoms with van der Waals surface area (Å²) in [6.45, 7) is 14.9. The molecule has 2 saturated heterocycles. The van der Waals surface area contributed by atoms with Crippen molar-refractivity contribution in [1.29, 1.82) is 0 Å². The fourth-order valence-electron chi connectivity index (χ4n) is 5.20. The number of nitrogens with zero attached hydrogens (tertiary/aromatic N) is 4. The Labute approximate surface area is 233 Å². The van der Waals surface area contributed by atoms with E-state index >= 15 is 0 Å². The van der Waals surface area contributed by atoms with Gasteiger partial charge in [0.1, 0.15) is 11.3 Å². The Morgan fingerprint density at radius 2 is 1.90 bits per heavy atom. The molecule has 0 aliphatic carbocycles. The summed E-state index contributed by atoms with van der Waals surface area (Å²) >= 11 is 0. The second-order valence-electron chi connectivity index (χ2n) is 10.8. The van der Waals surface area contributed by atoms with E-state index in [-0.39, 0.29) is 17.1 Å². The van der Waals surface area contributed by atoms with Gasteiger partial charge in [0.15, 0.2) is 5.82 Å². The molecule has 1 spiro atoms. The highest BCUT2D eigenvalue weighted by Crippen LogP contribution is 2.29. The van der Waals surface area contributed by atoms with Gasteiger partial charge in [0, 0.05) is 62.3 Å². The molecule has 0 saturated carbocycles. The van der Waals surface area contributed by atoms with Gasteiger partial charge in [-0.15, -0.1) is 0 Å². The minimum atomic E-state index is -0.216. The number of piperazine rings is 1. The van der Waals surface area contributed by atoms with E-state index < -0.39 is 0 Å². The Balaban J connectivity index is 0.000000185. The van der Waals surface area contributed by atoms with Crippen LogP contribution in [0.1, 0.15) is 70.2 Å². The lowest BCUT2D eigenvalue weighted by Crippen LogP contribution is -2.70. The molecule has 1 N–H and O–H groups in total. The summed E-state index contributed by atoms with van der Waals surface area (Å²) < 4.78 is 20.5. The number of fused-ring (bicyclic) bond motifs is 1. The van der Waals surface area contributed by atoms with Crippen LogP contribution in [0.5, 0.6) is 0 Å². The number of Topliss-reactive ketones (excluding diaryl/α,β-unsaturated/α-hetero) is 1. The van der Waals surface area contributed by atoms with Crippen molar-refractivity contribution in [1.82, 2.24) is 20.1 Å². The molecule has 0 bridgehead atoms. The van der Waals surface area contributed by atoms with Crippen molar-refractivity contribution in [2.45, 2.75) is 78.7 Å². The quantitative estimate of drug-likeness (QED) is 0.424. The average Bonchev–Trinajstić information content (AvgIpc) is 3.26. The Morgan fingerprint density at radius 1 is 1.15 bits per heavy atom. The average molecular weight is 540 g/mol. The van der Waals surface area contributed by atoms with E-state index in [0.717, 1.165) is 75.9 Å². The molecule has 7 nitrogen and oxygen atoms in total. The van der Waals surface area contributed by atoms with Crippen LogP contribution in [0.2, 0.25) is 0 Å². The second kappa shape index (κ2) is 14.5. The third-order valence-electron chi connectivity index (χ3n) is 7.10. The molecule has 0 amide bonds. The minimum absolute atomic E-state index is 0.193. The van der Waals surface area contributed by atoms with Gasteiger partial charge in [-0.3, -0.25) is 9.67 Å². The number of aromatic nitrogens is 3. The van der Waals surface area contributed by atoms with Crippen molar-refractivity contribution >= 4 is 22.4 Å². The van der Waals surface area contributed by atoms with Gasteiger partial charge in [-0.1, -0.05) is 33.6 Å². The number of halogens is 1. The van der Waals surface area contributed by atoms with Crippen LogP contribution in [0, 0.1) is 12.7 Å². The summed E-state index contributed by atoms with van der Waals surface area (Å²) in [6, 6.07) is 5.77. The lowest BCUT2D eigenvalue weighted by Gasteiger charge is -2.49. The normalized spacial score (nSPS) is 15.7. The number of ketones is 1. The number of aryl methyl sites for hydroxylation is 3. The van der Waals surface area contributed by atoms with E-state index in [1.54, 1.807) is 24.7 Å². The van der Waals surface area contributed by atoms with Crippen molar-refractivity contribution in [3.63, 3.8) is 0 Å². The van der Waals surface area contributed by atoms with E-state index in [4.69, 9.17) is 4.74 Å². The Hall–Kier alpha value is -2.84. The number of carbonyl (C=O) groups is 1. The first-order valence-electron chi connectivity index (χ1n) is 14.3. The standard InChI is InChI=1S/C15H23N3O.C11H13FN2.C5H10O/c1-3-4-13-12(2)16-6-5-14(13)18-8-7-17-15(9-18)10-19-11-15;1-3-4-8-5-9-7-14(2)13-11(9)10(12)6-8;1-3-4-5(2)6/h5-6,17H,3-4,7-11H2,1-2H3;5-7H,3-4H2,1-2H3;3-4H2,1-2H3. The molecular formula is C31H46FN5O2. The summed E-state index contributed by atoms with van der Waals surface area (Å²) in [7, 11) is 1.80. The molecule has 2 aliphatic rings. The van der Waals surface area contributed by atoms with Crippen molar-refractivity contribution < 1.29 is 13.9 Å². The highest BCUT2D eigenvalue weighted by Gasteiger charge is 2.42. The van der Waals surface area contributed by atoms with E-state index in [2.05, 4.69) is 47.1 Å². The fraction of sp³-hybridized carbons (Fsp3) is 0.581. The van der Waals surface area contributed by atoms with E-state index in [1.165, 1.54) is 23.4 Å². The Bertz CT molecular complexity index is 1220. The maximum absolute atomic E-state index is 13.5. The van der Waals surface area contributed by atoms with Gasteiger partial charge in [0.2, 0.25) is 0 Å². The highest BCUT2D eigenvalue weighted by atomic mass is 19.1. The zero-order valence-corrected chi connectivity index (χ0v) is 24.6. The number of hydrogen-bond donors (Lipinski definition) is 1. The molecular weight excluding hydrogens is 493 g/mol. The van der Waals surface area contributed by atoms with E-state index in [0.29, 0.717) is 5.52 Å². The molecule has 2 fully saturated rings. The maximum Gasteiger partial charge on any atom is 0.151 e. The zero-order valence-electron chi connectivity index (χ0n) is 24.6. The summed E-state index contributed by atoms with van der Waals surface area (Å²) in [5.41, 5.74) is 5.68. The van der Waals surface area contributed by atoms with Crippen LogP contribution in [-0.2, 0) is 29.4 Å². The predicted molar refractivity (Wildman–Crippen MR) is 157 cm³/mol. The maximum atomic E-state index is 13.5. The Kier molecular flexibility index (Phi) is 11.4. The van der Waals surface area contributed by atoms with Gasteiger partial charge in [-0.05, 0) is 62.4 Å². The molecule has 0 atom stereocenters. The molecule has 1 aromatic carbocycles. The van der Waals surface area contributed by atoms with Gasteiger partial charge in [0.05, 0.1) is 18.8 Å². The molecule has 4 heterocycles. The number of anilines is 1. The van der Waals surface area contributed by atoms with Crippen LogP contribution in [0.4, 0.5) is 10.1 Å². The highest BCUT2D eigenvalue weighted by molar-refractivity contribution is 5.79. The molecule has 0 unspecified atom stereocenters. The first kappa shape index (κ1) is 30.7. The van der Waals surface area contributed by atoms with Gasteiger partial charge in [-0.25, -0.2) is 4.39 Å². The van der Waals surface area contributed by atoms with Crippen LogP contribution in [-0.4, -0.2) is 58.9 Å². The SMILES string of the molecule is CCCC(C)=O.CCCc1c(N2CCNC3(COC3)C2)ccnc1C.CCCc1cc(F)c2nn(C)cc2c1. The smallest absolute Gasteiger partial charge is 0.151 e. The molecule has 214 valence electrons.